The van der Waals surface area contributed by atoms with E-state index in [4.69, 9.17) is 4.74 Å². The largest absolute Gasteiger partial charge is 0.492 e. The van der Waals surface area contributed by atoms with Gasteiger partial charge in [0.05, 0.1) is 23.4 Å². The van der Waals surface area contributed by atoms with Crippen molar-refractivity contribution in [3.63, 3.8) is 0 Å². The summed E-state index contributed by atoms with van der Waals surface area (Å²) in [6.07, 6.45) is 7.92. The monoisotopic (exact) mass is 495 g/mol. The van der Waals surface area contributed by atoms with Gasteiger partial charge in [-0.2, -0.15) is 5.10 Å². The number of fused-ring (bicyclic) bond motifs is 3. The lowest BCUT2D eigenvalue weighted by molar-refractivity contribution is -0.113. The highest BCUT2D eigenvalue weighted by atomic mass is 32.2. The minimum Gasteiger partial charge on any atom is -0.492 e. The fourth-order valence-electron chi connectivity index (χ4n) is 4.07. The van der Waals surface area contributed by atoms with Crippen LogP contribution in [0.3, 0.4) is 0 Å². The topological polar surface area (TPSA) is 102 Å². The molecule has 0 saturated carbocycles. The second-order valence-electron chi connectivity index (χ2n) is 8.09. The van der Waals surface area contributed by atoms with E-state index in [0.717, 1.165) is 29.5 Å². The van der Waals surface area contributed by atoms with Crippen LogP contribution in [-0.2, 0) is 29.9 Å². The third-order valence-corrected chi connectivity index (χ3v) is 7.74. The molecule has 0 radical (unpaired) electrons. The summed E-state index contributed by atoms with van der Waals surface area (Å²) in [4.78, 5) is 34.8. The van der Waals surface area contributed by atoms with Crippen molar-refractivity contribution in [3.05, 3.63) is 69.3 Å². The molecule has 1 aromatic carbocycles. The van der Waals surface area contributed by atoms with Crippen molar-refractivity contribution in [2.24, 2.45) is 0 Å². The molecule has 34 heavy (non-hydrogen) atoms. The zero-order valence-corrected chi connectivity index (χ0v) is 20.2. The number of carbonyl (C=O) groups is 1. The van der Waals surface area contributed by atoms with E-state index in [1.807, 2.05) is 30.5 Å². The molecule has 0 spiro atoms. The molecule has 5 rings (SSSR count). The van der Waals surface area contributed by atoms with Crippen LogP contribution in [0.1, 0.15) is 29.1 Å². The Morgan fingerprint density at radius 1 is 1.26 bits per heavy atom. The summed E-state index contributed by atoms with van der Waals surface area (Å²) in [7, 11) is 0. The van der Waals surface area contributed by atoms with E-state index in [9.17, 15) is 9.59 Å². The zero-order chi connectivity index (χ0) is 23.3. The van der Waals surface area contributed by atoms with Gasteiger partial charge in [-0.15, -0.1) is 23.1 Å². The number of nitrogens with one attached hydrogen (secondary N) is 2. The number of aromatic amines is 1. The first-order chi connectivity index (χ1) is 16.7. The average molecular weight is 496 g/mol. The predicted molar refractivity (Wildman–Crippen MR) is 136 cm³/mol. The number of hydrogen-bond acceptors (Lipinski definition) is 7. The number of carbonyl (C=O) groups excluding carboxylic acids is 1. The molecule has 2 N–H and O–H groups in total. The first kappa shape index (κ1) is 22.7. The van der Waals surface area contributed by atoms with Gasteiger partial charge < -0.3 is 15.0 Å². The molecule has 8 nitrogen and oxygen atoms in total. The number of amides is 1. The molecule has 1 aliphatic carbocycles. The molecule has 10 heteroatoms. The van der Waals surface area contributed by atoms with Crippen LogP contribution in [0.4, 0.5) is 5.69 Å². The van der Waals surface area contributed by atoms with Gasteiger partial charge in [-0.05, 0) is 49.4 Å². The fourth-order valence-corrected chi connectivity index (χ4v) is 6.04. The van der Waals surface area contributed by atoms with Gasteiger partial charge in [-0.1, -0.05) is 6.07 Å². The highest BCUT2D eigenvalue weighted by molar-refractivity contribution is 7.99. The van der Waals surface area contributed by atoms with Crippen molar-refractivity contribution in [2.75, 3.05) is 17.7 Å². The molecule has 3 heterocycles. The zero-order valence-electron chi connectivity index (χ0n) is 18.6. The Bertz CT molecular complexity index is 1350. The van der Waals surface area contributed by atoms with E-state index in [0.29, 0.717) is 36.2 Å². The third kappa shape index (κ3) is 5.34. The summed E-state index contributed by atoms with van der Waals surface area (Å²) in [6, 6.07) is 9.20. The molecule has 1 aliphatic rings. The first-order valence-corrected chi connectivity index (χ1v) is 13.2. The number of thioether (sulfide) groups is 1. The Kier molecular flexibility index (Phi) is 6.96. The van der Waals surface area contributed by atoms with Gasteiger partial charge in [0, 0.05) is 29.0 Å². The quantitative estimate of drug-likeness (QED) is 0.364. The number of nitrogens with zero attached hydrogens (tertiary/aromatic N) is 3. The molecule has 1 amide bonds. The molecule has 0 aliphatic heterocycles. The molecule has 176 valence electrons. The summed E-state index contributed by atoms with van der Waals surface area (Å²) in [5, 5.41) is 7.80. The smallest absolute Gasteiger partial charge is 0.259 e. The molecule has 0 atom stereocenters. The summed E-state index contributed by atoms with van der Waals surface area (Å²) in [6.45, 7) is 1.13. The molecule has 0 fully saturated rings. The maximum Gasteiger partial charge on any atom is 0.259 e. The number of ether oxygens (including phenoxy) is 1. The minimum absolute atomic E-state index is 0.0613. The molecule has 4 aromatic rings. The molecule has 0 saturated heterocycles. The first-order valence-electron chi connectivity index (χ1n) is 11.3. The minimum atomic E-state index is -0.117. The van der Waals surface area contributed by atoms with Crippen LogP contribution in [0, 0.1) is 0 Å². The summed E-state index contributed by atoms with van der Waals surface area (Å²) in [5.74, 6) is 1.91. The lowest BCUT2D eigenvalue weighted by Gasteiger charge is -2.10. The number of aryl methyl sites for hydroxylation is 2. The fraction of sp³-hybridized carbons (Fsp3) is 0.333. The lowest BCUT2D eigenvalue weighted by atomic mass is 9.97. The van der Waals surface area contributed by atoms with Crippen LogP contribution in [0.15, 0.2) is 47.5 Å². The second-order valence-corrected chi connectivity index (χ2v) is 10.2. The number of benzene rings is 1. The number of hydrogen-bond donors (Lipinski definition) is 2. The summed E-state index contributed by atoms with van der Waals surface area (Å²) in [5.41, 5.74) is 1.80. The van der Waals surface area contributed by atoms with Gasteiger partial charge in [-0.3, -0.25) is 14.3 Å². The van der Waals surface area contributed by atoms with Crippen molar-refractivity contribution < 1.29 is 9.53 Å². The van der Waals surface area contributed by atoms with Gasteiger partial charge >= 0.3 is 0 Å². The van der Waals surface area contributed by atoms with Gasteiger partial charge in [0.1, 0.15) is 23.0 Å². The standard InChI is InChI=1S/C24H25N5O3S2/c30-21(26-16-5-3-6-17(13-16)32-12-11-29-10-4-9-25-29)15-33-14-20-27-23(31)22-18-7-1-2-8-19(18)34-24(22)28-20/h3-6,9-10,13H,1-2,7-8,11-12,14-15H2,(H,26,30)(H,27,28,31). The van der Waals surface area contributed by atoms with Gasteiger partial charge in [0.25, 0.3) is 5.56 Å². The highest BCUT2D eigenvalue weighted by Gasteiger charge is 2.19. The Morgan fingerprint density at radius 2 is 2.18 bits per heavy atom. The van der Waals surface area contributed by atoms with Gasteiger partial charge in [0.15, 0.2) is 0 Å². The Labute approximate surface area is 204 Å². The summed E-state index contributed by atoms with van der Waals surface area (Å²) >= 11 is 3.06. The average Bonchev–Trinajstić information content (AvgIpc) is 3.47. The maximum absolute atomic E-state index is 12.7. The van der Waals surface area contributed by atoms with Gasteiger partial charge in [-0.25, -0.2) is 4.98 Å². The van der Waals surface area contributed by atoms with Crippen molar-refractivity contribution >= 4 is 44.9 Å². The Balaban J connectivity index is 1.12. The van der Waals surface area contributed by atoms with Crippen molar-refractivity contribution in [1.29, 1.82) is 0 Å². The molecule has 0 bridgehead atoms. The number of aromatic nitrogens is 4. The Hall–Kier alpha value is -3.11. The van der Waals surface area contributed by atoms with Crippen LogP contribution in [0.25, 0.3) is 10.2 Å². The molecular weight excluding hydrogens is 470 g/mol. The Morgan fingerprint density at radius 3 is 3.06 bits per heavy atom. The second kappa shape index (κ2) is 10.4. The maximum atomic E-state index is 12.7. The van der Waals surface area contributed by atoms with Gasteiger partial charge in [0.2, 0.25) is 5.91 Å². The van der Waals surface area contributed by atoms with E-state index in [1.54, 1.807) is 28.3 Å². The highest BCUT2D eigenvalue weighted by Crippen LogP contribution is 2.33. The van der Waals surface area contributed by atoms with Crippen LogP contribution in [0.5, 0.6) is 5.75 Å². The normalized spacial score (nSPS) is 13.1. The number of thiophene rings is 1. The summed E-state index contributed by atoms with van der Waals surface area (Å²) < 4.78 is 7.56. The van der Waals surface area contributed by atoms with Crippen LogP contribution in [-0.4, -0.2) is 38.0 Å². The molecule has 0 unspecified atom stereocenters. The van der Waals surface area contributed by atoms with Crippen LogP contribution >= 0.6 is 23.1 Å². The predicted octanol–water partition coefficient (Wildman–Crippen LogP) is 4.01. The molecule has 3 aromatic heterocycles. The van der Waals surface area contributed by atoms with E-state index in [1.165, 1.54) is 28.6 Å². The van der Waals surface area contributed by atoms with Crippen molar-refractivity contribution in [1.82, 2.24) is 19.7 Å². The number of anilines is 1. The van der Waals surface area contributed by atoms with Crippen molar-refractivity contribution in [3.8, 4) is 5.75 Å². The van der Waals surface area contributed by atoms with E-state index >= 15 is 0 Å². The van der Waals surface area contributed by atoms with E-state index in [2.05, 4.69) is 20.4 Å². The van der Waals surface area contributed by atoms with E-state index < -0.39 is 0 Å². The van der Waals surface area contributed by atoms with Crippen LogP contribution in [0.2, 0.25) is 0 Å². The van der Waals surface area contributed by atoms with Crippen LogP contribution < -0.4 is 15.6 Å². The number of H-pyrrole nitrogens is 1. The van der Waals surface area contributed by atoms with Crippen molar-refractivity contribution in [2.45, 2.75) is 38.0 Å². The third-order valence-electron chi connectivity index (χ3n) is 5.61. The lowest BCUT2D eigenvalue weighted by Crippen LogP contribution is -2.15. The van der Waals surface area contributed by atoms with E-state index in [-0.39, 0.29) is 17.2 Å². The molecular formula is C24H25N5O3S2. The SMILES string of the molecule is O=C(CSCc1nc2sc3c(c2c(=O)[nH]1)CCCC3)Nc1cccc(OCCn2cccn2)c1. The number of rotatable bonds is 9.